The van der Waals surface area contributed by atoms with Crippen molar-refractivity contribution in [3.8, 4) is 56.4 Å². The van der Waals surface area contributed by atoms with E-state index in [0.29, 0.717) is 17.5 Å². The molecule has 8 rings (SSSR count). The van der Waals surface area contributed by atoms with Crippen molar-refractivity contribution in [1.29, 1.82) is 0 Å². The molecule has 204 valence electrons. The van der Waals surface area contributed by atoms with Gasteiger partial charge in [0.25, 0.3) is 0 Å². The van der Waals surface area contributed by atoms with Crippen LogP contribution >= 0.6 is 0 Å². The number of nitrogens with zero attached hydrogens (tertiary/aromatic N) is 3. The van der Waals surface area contributed by atoms with Gasteiger partial charge in [0.05, 0.1) is 0 Å². The Kier molecular flexibility index (Phi) is 5.80. The first-order valence-corrected chi connectivity index (χ1v) is 14.7. The van der Waals surface area contributed by atoms with Crippen LogP contribution in [0.3, 0.4) is 0 Å². The normalized spacial score (nSPS) is 13.1. The standard InChI is InChI=1S/C40H29N3/c1-40(2)34-20-9-8-17-33(34)36-31(18-11-21-35(36)40)27-22-24-29(25-23-27)38-41-37(28-13-4-3-5-14-28)42-39(43-38)32-19-10-15-26-12-6-7-16-30(26)32/h3-25H,1-2H3. The molecule has 0 unspecified atom stereocenters. The molecule has 3 nitrogen and oxygen atoms in total. The van der Waals surface area contributed by atoms with E-state index in [4.69, 9.17) is 15.0 Å². The van der Waals surface area contributed by atoms with Crippen molar-refractivity contribution in [1.82, 2.24) is 15.0 Å². The largest absolute Gasteiger partial charge is 0.208 e. The lowest BCUT2D eigenvalue weighted by Crippen LogP contribution is -2.14. The van der Waals surface area contributed by atoms with Gasteiger partial charge in [0.1, 0.15) is 0 Å². The maximum absolute atomic E-state index is 5.04. The molecule has 1 heterocycles. The summed E-state index contributed by atoms with van der Waals surface area (Å²) in [6.07, 6.45) is 0. The van der Waals surface area contributed by atoms with Crippen molar-refractivity contribution in [2.75, 3.05) is 0 Å². The van der Waals surface area contributed by atoms with Crippen LogP contribution in [0.25, 0.3) is 67.2 Å². The van der Waals surface area contributed by atoms with Gasteiger partial charge < -0.3 is 0 Å². The van der Waals surface area contributed by atoms with Crippen LogP contribution < -0.4 is 0 Å². The third-order valence-electron chi connectivity index (χ3n) is 8.76. The highest BCUT2D eigenvalue weighted by molar-refractivity contribution is 5.96. The van der Waals surface area contributed by atoms with Gasteiger partial charge in [-0.25, -0.2) is 15.0 Å². The average molecular weight is 552 g/mol. The summed E-state index contributed by atoms with van der Waals surface area (Å²) >= 11 is 0. The molecule has 6 aromatic carbocycles. The van der Waals surface area contributed by atoms with Gasteiger partial charge >= 0.3 is 0 Å². The summed E-state index contributed by atoms with van der Waals surface area (Å²) in [5.41, 5.74) is 10.7. The predicted molar refractivity (Wildman–Crippen MR) is 177 cm³/mol. The summed E-state index contributed by atoms with van der Waals surface area (Å²) in [6.45, 7) is 4.65. The van der Waals surface area contributed by atoms with E-state index in [1.165, 1.54) is 33.4 Å². The number of fused-ring (bicyclic) bond motifs is 4. The van der Waals surface area contributed by atoms with Crippen LogP contribution in [0.4, 0.5) is 0 Å². The molecule has 0 spiro atoms. The molecule has 1 aliphatic carbocycles. The first-order chi connectivity index (χ1) is 21.1. The first-order valence-electron chi connectivity index (χ1n) is 14.7. The third-order valence-corrected chi connectivity index (χ3v) is 8.76. The second kappa shape index (κ2) is 9.85. The lowest BCUT2D eigenvalue weighted by molar-refractivity contribution is 0.660. The molecular formula is C40H29N3. The maximum Gasteiger partial charge on any atom is 0.164 e. The Bertz CT molecular complexity index is 2140. The zero-order chi connectivity index (χ0) is 29.0. The quantitative estimate of drug-likeness (QED) is 0.218. The second-order valence-electron chi connectivity index (χ2n) is 11.7. The monoisotopic (exact) mass is 551 g/mol. The summed E-state index contributed by atoms with van der Waals surface area (Å²) in [5, 5.41) is 2.28. The molecule has 0 bridgehead atoms. The molecule has 43 heavy (non-hydrogen) atoms. The van der Waals surface area contributed by atoms with Gasteiger partial charge in [-0.3, -0.25) is 0 Å². The van der Waals surface area contributed by atoms with Crippen molar-refractivity contribution >= 4 is 10.8 Å². The van der Waals surface area contributed by atoms with E-state index < -0.39 is 0 Å². The van der Waals surface area contributed by atoms with Gasteiger partial charge in [-0.15, -0.1) is 0 Å². The zero-order valence-electron chi connectivity index (χ0n) is 24.1. The molecule has 0 atom stereocenters. The smallest absolute Gasteiger partial charge is 0.164 e. The summed E-state index contributed by atoms with van der Waals surface area (Å²) < 4.78 is 0. The minimum absolute atomic E-state index is 0.0292. The first kappa shape index (κ1) is 25.3. The molecule has 0 fully saturated rings. The van der Waals surface area contributed by atoms with E-state index in [2.05, 4.69) is 123 Å². The van der Waals surface area contributed by atoms with Gasteiger partial charge in [0.2, 0.25) is 0 Å². The van der Waals surface area contributed by atoms with Crippen LogP contribution in [-0.4, -0.2) is 15.0 Å². The Morgan fingerprint density at radius 3 is 1.74 bits per heavy atom. The van der Waals surface area contributed by atoms with E-state index in [1.807, 2.05) is 30.3 Å². The third kappa shape index (κ3) is 4.16. The van der Waals surface area contributed by atoms with Crippen molar-refractivity contribution in [3.63, 3.8) is 0 Å². The average Bonchev–Trinajstić information content (AvgIpc) is 3.31. The highest BCUT2D eigenvalue weighted by Crippen LogP contribution is 2.51. The van der Waals surface area contributed by atoms with Crippen molar-refractivity contribution < 1.29 is 0 Å². The molecule has 0 aliphatic heterocycles. The number of rotatable bonds is 4. The molecule has 1 aromatic heterocycles. The van der Waals surface area contributed by atoms with E-state index in [1.54, 1.807) is 0 Å². The fraction of sp³-hybridized carbons (Fsp3) is 0.0750. The minimum Gasteiger partial charge on any atom is -0.208 e. The molecule has 3 heteroatoms. The molecule has 0 N–H and O–H groups in total. The minimum atomic E-state index is -0.0292. The number of hydrogen-bond acceptors (Lipinski definition) is 3. The molecule has 1 aliphatic rings. The Labute approximate surface area is 251 Å². The van der Waals surface area contributed by atoms with Crippen LogP contribution in [0.5, 0.6) is 0 Å². The molecule has 0 saturated carbocycles. The van der Waals surface area contributed by atoms with E-state index in [-0.39, 0.29) is 5.41 Å². The van der Waals surface area contributed by atoms with Crippen molar-refractivity contribution in [3.05, 3.63) is 151 Å². The van der Waals surface area contributed by atoms with Gasteiger partial charge in [0.15, 0.2) is 17.5 Å². The fourth-order valence-corrected chi connectivity index (χ4v) is 6.56. The number of aromatic nitrogens is 3. The lowest BCUT2D eigenvalue weighted by atomic mass is 9.82. The van der Waals surface area contributed by atoms with Crippen LogP contribution in [0.15, 0.2) is 140 Å². The highest BCUT2D eigenvalue weighted by atomic mass is 15.0. The van der Waals surface area contributed by atoms with Gasteiger partial charge in [-0.2, -0.15) is 0 Å². The zero-order valence-corrected chi connectivity index (χ0v) is 24.1. The van der Waals surface area contributed by atoms with Gasteiger partial charge in [0, 0.05) is 22.1 Å². The topological polar surface area (TPSA) is 38.7 Å². The number of hydrogen-bond donors (Lipinski definition) is 0. The van der Waals surface area contributed by atoms with Gasteiger partial charge in [-0.05, 0) is 44.2 Å². The Hall–Kier alpha value is -5.41. The van der Waals surface area contributed by atoms with Crippen LogP contribution in [0.1, 0.15) is 25.0 Å². The van der Waals surface area contributed by atoms with Crippen molar-refractivity contribution in [2.45, 2.75) is 19.3 Å². The van der Waals surface area contributed by atoms with Gasteiger partial charge in [-0.1, -0.05) is 153 Å². The summed E-state index contributed by atoms with van der Waals surface area (Å²) in [6, 6.07) is 49.0. The fourth-order valence-electron chi connectivity index (χ4n) is 6.56. The highest BCUT2D eigenvalue weighted by Gasteiger charge is 2.36. The molecule has 0 saturated heterocycles. The maximum atomic E-state index is 5.04. The summed E-state index contributed by atoms with van der Waals surface area (Å²) in [4.78, 5) is 15.0. The van der Waals surface area contributed by atoms with Crippen LogP contribution in [0, 0.1) is 0 Å². The Morgan fingerprint density at radius 1 is 0.395 bits per heavy atom. The number of benzene rings is 6. The molecule has 0 radical (unpaired) electrons. The Balaban J connectivity index is 1.26. The van der Waals surface area contributed by atoms with Crippen LogP contribution in [0.2, 0.25) is 0 Å². The Morgan fingerprint density at radius 2 is 0.930 bits per heavy atom. The van der Waals surface area contributed by atoms with E-state index in [0.717, 1.165) is 27.5 Å². The summed E-state index contributed by atoms with van der Waals surface area (Å²) in [5.74, 6) is 2.00. The summed E-state index contributed by atoms with van der Waals surface area (Å²) in [7, 11) is 0. The van der Waals surface area contributed by atoms with Crippen molar-refractivity contribution in [2.24, 2.45) is 0 Å². The molecule has 7 aromatic rings. The lowest BCUT2D eigenvalue weighted by Gasteiger charge is -2.21. The van der Waals surface area contributed by atoms with Crippen LogP contribution in [-0.2, 0) is 5.41 Å². The second-order valence-corrected chi connectivity index (χ2v) is 11.7. The SMILES string of the molecule is CC1(C)c2ccccc2-c2c(-c3ccc(-c4nc(-c5ccccc5)nc(-c5cccc6ccccc56)n4)cc3)cccc21. The van der Waals surface area contributed by atoms with E-state index >= 15 is 0 Å². The van der Waals surface area contributed by atoms with E-state index in [9.17, 15) is 0 Å². The molecule has 0 amide bonds. The molecular weight excluding hydrogens is 522 g/mol. The predicted octanol–water partition coefficient (Wildman–Crippen LogP) is 10.00.